The van der Waals surface area contributed by atoms with Gasteiger partial charge in [0.05, 0.1) is 19.4 Å². The Labute approximate surface area is 74.5 Å². The van der Waals surface area contributed by atoms with Crippen molar-refractivity contribution in [2.75, 3.05) is 6.61 Å². The van der Waals surface area contributed by atoms with Gasteiger partial charge in [0.1, 0.15) is 0 Å². The minimum absolute atomic E-state index is 0.116. The number of aliphatic hydroxyl groups is 2. The topological polar surface area (TPSA) is 82.7 Å². The Hall–Kier alpha value is -1.33. The van der Waals surface area contributed by atoms with Crippen LogP contribution in [-0.2, 0) is 13.2 Å². The summed E-state index contributed by atoms with van der Waals surface area (Å²) in [6.45, 7) is -0.172. The molecule has 0 unspecified atom stereocenters. The van der Waals surface area contributed by atoms with E-state index in [1.807, 2.05) is 0 Å². The minimum Gasteiger partial charge on any atom is -0.503 e. The van der Waals surface area contributed by atoms with E-state index in [4.69, 9.17) is 15.3 Å². The molecule has 0 aliphatic heterocycles. The summed E-state index contributed by atoms with van der Waals surface area (Å²) in [6.07, 6.45) is 1.20. The van der Waals surface area contributed by atoms with E-state index in [1.165, 1.54) is 10.8 Å². The fourth-order valence-electron chi connectivity index (χ4n) is 1.05. The summed E-state index contributed by atoms with van der Waals surface area (Å²) in [5.41, 5.74) is -0.157. The molecule has 0 aliphatic carbocycles. The summed E-state index contributed by atoms with van der Waals surface area (Å²) in [5, 5.41) is 26.5. The summed E-state index contributed by atoms with van der Waals surface area (Å²) in [7, 11) is 0. The maximum atomic E-state index is 10.9. The van der Waals surface area contributed by atoms with Crippen molar-refractivity contribution >= 4 is 0 Å². The van der Waals surface area contributed by atoms with E-state index in [0.717, 1.165) is 6.07 Å². The van der Waals surface area contributed by atoms with Gasteiger partial charge in [-0.15, -0.1) is 0 Å². The number of aliphatic hydroxyl groups excluding tert-OH is 2. The zero-order valence-electron chi connectivity index (χ0n) is 6.97. The molecule has 0 saturated heterocycles. The fraction of sp³-hybridized carbons (Fsp3) is 0.375. The van der Waals surface area contributed by atoms with Crippen molar-refractivity contribution in [3.05, 3.63) is 28.2 Å². The summed E-state index contributed by atoms with van der Waals surface area (Å²) in [6, 6.07) is 1.14. The minimum atomic E-state index is -0.529. The normalized spacial score (nSPS) is 10.3. The molecule has 0 amide bonds. The second-order valence-corrected chi connectivity index (χ2v) is 2.59. The summed E-state index contributed by atoms with van der Waals surface area (Å²) >= 11 is 0. The lowest BCUT2D eigenvalue weighted by Gasteiger charge is -2.09. The zero-order valence-corrected chi connectivity index (χ0v) is 6.97. The Morgan fingerprint density at radius 3 is 2.62 bits per heavy atom. The third-order valence-electron chi connectivity index (χ3n) is 1.70. The Morgan fingerprint density at radius 1 is 1.38 bits per heavy atom. The molecule has 1 heterocycles. The summed E-state index contributed by atoms with van der Waals surface area (Å²) in [4.78, 5) is 10.9. The van der Waals surface area contributed by atoms with Crippen molar-refractivity contribution in [1.82, 2.24) is 4.57 Å². The molecule has 0 saturated carbocycles. The van der Waals surface area contributed by atoms with Crippen LogP contribution in [0, 0.1) is 0 Å². The van der Waals surface area contributed by atoms with Crippen molar-refractivity contribution in [1.29, 1.82) is 0 Å². The highest BCUT2D eigenvalue weighted by molar-refractivity contribution is 5.19. The van der Waals surface area contributed by atoms with E-state index in [1.54, 1.807) is 0 Å². The molecule has 0 bridgehead atoms. The Morgan fingerprint density at radius 2 is 2.08 bits per heavy atom. The lowest BCUT2D eigenvalue weighted by Crippen LogP contribution is -2.13. The standard InChI is InChI=1S/C8H11NO4/c10-2-1-9-4-8(13)7(12)3-6(9)5-11/h3-4,10-11,13H,1-2,5H2. The third-order valence-corrected chi connectivity index (χ3v) is 1.70. The van der Waals surface area contributed by atoms with E-state index in [-0.39, 0.29) is 25.5 Å². The monoisotopic (exact) mass is 185 g/mol. The first kappa shape index (κ1) is 9.76. The van der Waals surface area contributed by atoms with Gasteiger partial charge in [-0.2, -0.15) is 0 Å². The highest BCUT2D eigenvalue weighted by Gasteiger charge is 2.03. The molecule has 0 aromatic carbocycles. The average Bonchev–Trinajstić information content (AvgIpc) is 2.11. The molecule has 1 rings (SSSR count). The molecular formula is C8H11NO4. The van der Waals surface area contributed by atoms with Crippen LogP contribution in [0.25, 0.3) is 0 Å². The molecular weight excluding hydrogens is 174 g/mol. The van der Waals surface area contributed by atoms with Gasteiger partial charge >= 0.3 is 0 Å². The predicted molar refractivity (Wildman–Crippen MR) is 45.4 cm³/mol. The van der Waals surface area contributed by atoms with Gasteiger partial charge in [-0.1, -0.05) is 0 Å². The molecule has 0 atom stereocenters. The van der Waals surface area contributed by atoms with E-state index in [0.29, 0.717) is 5.69 Å². The van der Waals surface area contributed by atoms with Crippen LogP contribution >= 0.6 is 0 Å². The smallest absolute Gasteiger partial charge is 0.223 e. The molecule has 72 valence electrons. The largest absolute Gasteiger partial charge is 0.503 e. The van der Waals surface area contributed by atoms with Crippen molar-refractivity contribution in [3.8, 4) is 5.75 Å². The van der Waals surface area contributed by atoms with Gasteiger partial charge in [-0.3, -0.25) is 4.79 Å². The molecule has 5 heteroatoms. The Bertz CT molecular complexity index is 344. The first-order valence-corrected chi connectivity index (χ1v) is 3.83. The Kier molecular flexibility index (Phi) is 3.05. The number of rotatable bonds is 3. The van der Waals surface area contributed by atoms with Crippen LogP contribution in [0.15, 0.2) is 17.1 Å². The number of pyridine rings is 1. The van der Waals surface area contributed by atoms with E-state index in [2.05, 4.69) is 0 Å². The number of aromatic hydroxyl groups is 1. The van der Waals surface area contributed by atoms with Crippen LogP contribution in [0.1, 0.15) is 5.69 Å². The van der Waals surface area contributed by atoms with Gasteiger partial charge in [0, 0.05) is 18.3 Å². The maximum Gasteiger partial charge on any atom is 0.223 e. The second-order valence-electron chi connectivity index (χ2n) is 2.59. The third kappa shape index (κ3) is 2.07. The molecule has 0 fully saturated rings. The molecule has 13 heavy (non-hydrogen) atoms. The van der Waals surface area contributed by atoms with Gasteiger partial charge in [-0.25, -0.2) is 0 Å². The van der Waals surface area contributed by atoms with E-state index in [9.17, 15) is 4.79 Å². The molecule has 3 N–H and O–H groups in total. The molecule has 5 nitrogen and oxygen atoms in total. The molecule has 0 aliphatic rings. The molecule has 1 aromatic rings. The van der Waals surface area contributed by atoms with Gasteiger partial charge in [0.2, 0.25) is 5.43 Å². The van der Waals surface area contributed by atoms with Gasteiger partial charge < -0.3 is 19.9 Å². The summed E-state index contributed by atoms with van der Waals surface area (Å²) in [5.74, 6) is -0.384. The van der Waals surface area contributed by atoms with E-state index >= 15 is 0 Å². The van der Waals surface area contributed by atoms with Gasteiger partial charge in [0.25, 0.3) is 0 Å². The Balaban J connectivity index is 3.16. The fourth-order valence-corrected chi connectivity index (χ4v) is 1.05. The first-order chi connectivity index (χ1) is 6.19. The lowest BCUT2D eigenvalue weighted by atomic mass is 10.3. The van der Waals surface area contributed by atoms with Gasteiger partial charge in [0.15, 0.2) is 5.75 Å². The summed E-state index contributed by atoms with van der Waals surface area (Å²) < 4.78 is 1.43. The van der Waals surface area contributed by atoms with Crippen LogP contribution in [-0.4, -0.2) is 26.5 Å². The number of hydrogen-bond donors (Lipinski definition) is 3. The van der Waals surface area contributed by atoms with Crippen LogP contribution in [0.2, 0.25) is 0 Å². The van der Waals surface area contributed by atoms with Crippen LogP contribution in [0.5, 0.6) is 5.75 Å². The quantitative estimate of drug-likeness (QED) is 0.566. The zero-order chi connectivity index (χ0) is 9.84. The van der Waals surface area contributed by atoms with Crippen LogP contribution in [0.4, 0.5) is 0 Å². The number of nitrogens with zero attached hydrogens (tertiary/aromatic N) is 1. The number of hydrogen-bond acceptors (Lipinski definition) is 4. The molecule has 0 spiro atoms. The van der Waals surface area contributed by atoms with Crippen LogP contribution in [0.3, 0.4) is 0 Å². The highest BCUT2D eigenvalue weighted by Crippen LogP contribution is 2.04. The first-order valence-electron chi connectivity index (χ1n) is 3.83. The van der Waals surface area contributed by atoms with Crippen molar-refractivity contribution < 1.29 is 15.3 Å². The predicted octanol–water partition coefficient (Wildman–Crippen LogP) is -0.962. The van der Waals surface area contributed by atoms with Crippen molar-refractivity contribution in [2.45, 2.75) is 13.2 Å². The molecule has 0 radical (unpaired) electrons. The van der Waals surface area contributed by atoms with Crippen molar-refractivity contribution in [3.63, 3.8) is 0 Å². The lowest BCUT2D eigenvalue weighted by molar-refractivity contribution is 0.248. The van der Waals surface area contributed by atoms with Crippen molar-refractivity contribution in [2.24, 2.45) is 0 Å². The SMILES string of the molecule is O=c1cc(CO)n(CCO)cc1O. The van der Waals surface area contributed by atoms with Crippen LogP contribution < -0.4 is 5.43 Å². The molecule has 1 aromatic heterocycles. The van der Waals surface area contributed by atoms with E-state index < -0.39 is 5.43 Å². The maximum absolute atomic E-state index is 10.9. The average molecular weight is 185 g/mol. The second kappa shape index (κ2) is 4.06. The van der Waals surface area contributed by atoms with Gasteiger partial charge in [-0.05, 0) is 0 Å². The highest BCUT2D eigenvalue weighted by atomic mass is 16.3. The number of aromatic nitrogens is 1.